The van der Waals surface area contributed by atoms with Gasteiger partial charge in [-0.1, -0.05) is 36.8 Å². The molecule has 2 atom stereocenters. The molecule has 2 unspecified atom stereocenters. The van der Waals surface area contributed by atoms with Crippen LogP contribution in [0.4, 0.5) is 4.39 Å². The van der Waals surface area contributed by atoms with E-state index in [0.717, 1.165) is 32.2 Å². The zero-order chi connectivity index (χ0) is 18.8. The summed E-state index contributed by atoms with van der Waals surface area (Å²) in [5.74, 6) is 0.0598. The van der Waals surface area contributed by atoms with Crippen LogP contribution < -0.4 is 4.74 Å². The SMILES string of the molecule is COc1cc(F)ccc1C(=O)C1CC2CCCC(C1)N2Cc1ccccc1. The number of nitrogens with zero attached hydrogens (tertiary/aromatic N) is 1. The van der Waals surface area contributed by atoms with Crippen LogP contribution in [0, 0.1) is 11.7 Å². The smallest absolute Gasteiger partial charge is 0.169 e. The Morgan fingerprint density at radius 3 is 2.48 bits per heavy atom. The van der Waals surface area contributed by atoms with Crippen molar-refractivity contribution < 1.29 is 13.9 Å². The lowest BCUT2D eigenvalue weighted by atomic mass is 9.75. The number of rotatable bonds is 5. The average Bonchev–Trinajstić information content (AvgIpc) is 2.68. The van der Waals surface area contributed by atoms with Crippen molar-refractivity contribution in [2.45, 2.75) is 50.7 Å². The molecule has 0 radical (unpaired) electrons. The first kappa shape index (κ1) is 18.2. The van der Waals surface area contributed by atoms with Crippen LogP contribution in [0.25, 0.3) is 0 Å². The fraction of sp³-hybridized carbons (Fsp3) is 0.435. The van der Waals surface area contributed by atoms with Crippen LogP contribution in [0.15, 0.2) is 48.5 Å². The number of hydrogen-bond donors (Lipinski definition) is 0. The van der Waals surface area contributed by atoms with Gasteiger partial charge in [0, 0.05) is 30.6 Å². The lowest BCUT2D eigenvalue weighted by Gasteiger charge is -2.48. The van der Waals surface area contributed by atoms with Gasteiger partial charge < -0.3 is 4.74 Å². The second kappa shape index (κ2) is 7.81. The number of halogens is 1. The Morgan fingerprint density at radius 1 is 1.11 bits per heavy atom. The molecule has 4 rings (SSSR count). The maximum Gasteiger partial charge on any atom is 0.169 e. The number of Topliss-reactive ketones (excluding diaryl/α,β-unsaturated/α-hetero) is 1. The van der Waals surface area contributed by atoms with E-state index in [1.165, 1.54) is 31.2 Å². The van der Waals surface area contributed by atoms with Gasteiger partial charge in [-0.25, -0.2) is 4.39 Å². The summed E-state index contributed by atoms with van der Waals surface area (Å²) in [7, 11) is 1.49. The fourth-order valence-electron chi connectivity index (χ4n) is 4.83. The van der Waals surface area contributed by atoms with E-state index in [9.17, 15) is 9.18 Å². The van der Waals surface area contributed by atoms with Gasteiger partial charge in [0.05, 0.1) is 12.7 Å². The predicted molar refractivity (Wildman–Crippen MR) is 103 cm³/mol. The second-order valence-corrected chi connectivity index (χ2v) is 7.77. The molecule has 0 N–H and O–H groups in total. The van der Waals surface area contributed by atoms with Gasteiger partial charge in [0.1, 0.15) is 11.6 Å². The Kier molecular flexibility index (Phi) is 5.26. The molecular weight excluding hydrogens is 341 g/mol. The first-order valence-corrected chi connectivity index (χ1v) is 9.83. The van der Waals surface area contributed by atoms with E-state index >= 15 is 0 Å². The molecule has 0 aromatic heterocycles. The summed E-state index contributed by atoms with van der Waals surface area (Å²) < 4.78 is 18.7. The highest BCUT2D eigenvalue weighted by atomic mass is 19.1. The van der Waals surface area contributed by atoms with Crippen LogP contribution in [-0.2, 0) is 6.54 Å². The third-order valence-electron chi connectivity index (χ3n) is 6.13. The van der Waals surface area contributed by atoms with E-state index in [1.807, 2.05) is 6.07 Å². The van der Waals surface area contributed by atoms with Gasteiger partial charge in [0.15, 0.2) is 5.78 Å². The fourth-order valence-corrected chi connectivity index (χ4v) is 4.83. The van der Waals surface area contributed by atoms with Crippen molar-refractivity contribution in [2.75, 3.05) is 7.11 Å². The summed E-state index contributed by atoms with van der Waals surface area (Å²) in [6.45, 7) is 0.955. The van der Waals surface area contributed by atoms with Gasteiger partial charge in [-0.05, 0) is 43.4 Å². The Balaban J connectivity index is 1.52. The molecule has 27 heavy (non-hydrogen) atoms. The molecule has 2 bridgehead atoms. The number of benzene rings is 2. The molecule has 2 aliphatic rings. The van der Waals surface area contributed by atoms with Gasteiger partial charge in [0.2, 0.25) is 0 Å². The molecule has 4 heteroatoms. The summed E-state index contributed by atoms with van der Waals surface area (Å²) in [4.78, 5) is 15.8. The van der Waals surface area contributed by atoms with Crippen LogP contribution >= 0.6 is 0 Å². The Bertz CT molecular complexity index is 793. The molecule has 142 valence electrons. The lowest BCUT2D eigenvalue weighted by molar-refractivity contribution is 0.00899. The van der Waals surface area contributed by atoms with Crippen LogP contribution in [0.2, 0.25) is 0 Å². The molecule has 0 amide bonds. The number of methoxy groups -OCH3 is 1. The third kappa shape index (κ3) is 3.77. The zero-order valence-electron chi connectivity index (χ0n) is 15.7. The topological polar surface area (TPSA) is 29.5 Å². The molecule has 3 nitrogen and oxygen atoms in total. The van der Waals surface area contributed by atoms with Crippen LogP contribution in [-0.4, -0.2) is 29.9 Å². The standard InChI is InChI=1S/C23H26FNO2/c1-27-22-14-18(24)10-11-21(22)23(26)17-12-19-8-5-9-20(13-17)25(19)15-16-6-3-2-4-7-16/h2-4,6-7,10-11,14,17,19-20H,5,8-9,12-13,15H2,1H3. The first-order chi connectivity index (χ1) is 13.2. The average molecular weight is 367 g/mol. The quantitative estimate of drug-likeness (QED) is 0.708. The summed E-state index contributed by atoms with van der Waals surface area (Å²) >= 11 is 0. The summed E-state index contributed by atoms with van der Waals surface area (Å²) in [6.07, 6.45) is 5.29. The number of ketones is 1. The lowest BCUT2D eigenvalue weighted by Crippen LogP contribution is -2.52. The van der Waals surface area contributed by atoms with Crippen molar-refractivity contribution in [3.63, 3.8) is 0 Å². The van der Waals surface area contributed by atoms with Gasteiger partial charge in [0.25, 0.3) is 0 Å². The monoisotopic (exact) mass is 367 g/mol. The van der Waals surface area contributed by atoms with Gasteiger partial charge in [-0.15, -0.1) is 0 Å². The van der Waals surface area contributed by atoms with E-state index in [4.69, 9.17) is 4.74 Å². The molecule has 2 heterocycles. The van der Waals surface area contributed by atoms with Crippen molar-refractivity contribution in [3.05, 3.63) is 65.5 Å². The zero-order valence-corrected chi connectivity index (χ0v) is 15.7. The molecule has 0 spiro atoms. The molecule has 0 aliphatic carbocycles. The van der Waals surface area contributed by atoms with Gasteiger partial charge in [-0.3, -0.25) is 9.69 Å². The van der Waals surface area contributed by atoms with E-state index < -0.39 is 0 Å². The number of carbonyl (C=O) groups excluding carboxylic acids is 1. The van der Waals surface area contributed by atoms with E-state index in [0.29, 0.717) is 23.4 Å². The van der Waals surface area contributed by atoms with Crippen LogP contribution in [0.5, 0.6) is 5.75 Å². The third-order valence-corrected chi connectivity index (χ3v) is 6.13. The number of piperidine rings is 2. The minimum absolute atomic E-state index is 0.00770. The highest BCUT2D eigenvalue weighted by Gasteiger charge is 2.41. The normalized spacial score (nSPS) is 25.2. The molecule has 2 fully saturated rings. The molecular formula is C23H26FNO2. The maximum atomic E-state index is 13.5. The van der Waals surface area contributed by atoms with Crippen LogP contribution in [0.3, 0.4) is 0 Å². The first-order valence-electron chi connectivity index (χ1n) is 9.83. The molecule has 2 aromatic rings. The summed E-state index contributed by atoms with van der Waals surface area (Å²) in [6, 6.07) is 15.7. The number of fused-ring (bicyclic) bond motifs is 2. The summed E-state index contributed by atoms with van der Waals surface area (Å²) in [5.41, 5.74) is 1.85. The Hall–Kier alpha value is -2.20. The van der Waals surface area contributed by atoms with Crippen molar-refractivity contribution in [2.24, 2.45) is 5.92 Å². The van der Waals surface area contributed by atoms with Crippen molar-refractivity contribution in [3.8, 4) is 5.75 Å². The highest BCUT2D eigenvalue weighted by molar-refractivity contribution is 6.00. The molecule has 2 aliphatic heterocycles. The largest absolute Gasteiger partial charge is 0.496 e. The Morgan fingerprint density at radius 2 is 1.81 bits per heavy atom. The molecule has 0 saturated carbocycles. The molecule has 2 saturated heterocycles. The minimum atomic E-state index is -0.377. The number of hydrogen-bond acceptors (Lipinski definition) is 3. The second-order valence-electron chi connectivity index (χ2n) is 7.77. The molecule has 2 aromatic carbocycles. The van der Waals surface area contributed by atoms with E-state index in [2.05, 4.69) is 29.2 Å². The highest BCUT2D eigenvalue weighted by Crippen LogP contribution is 2.40. The predicted octanol–water partition coefficient (Wildman–Crippen LogP) is 4.85. The maximum absolute atomic E-state index is 13.5. The van der Waals surface area contributed by atoms with Crippen molar-refractivity contribution in [1.29, 1.82) is 0 Å². The van der Waals surface area contributed by atoms with Crippen molar-refractivity contribution in [1.82, 2.24) is 4.90 Å². The minimum Gasteiger partial charge on any atom is -0.496 e. The number of carbonyl (C=O) groups is 1. The Labute approximate surface area is 160 Å². The van der Waals surface area contributed by atoms with E-state index in [-0.39, 0.29) is 17.5 Å². The van der Waals surface area contributed by atoms with E-state index in [1.54, 1.807) is 6.07 Å². The van der Waals surface area contributed by atoms with Gasteiger partial charge >= 0.3 is 0 Å². The van der Waals surface area contributed by atoms with Gasteiger partial charge in [-0.2, -0.15) is 0 Å². The summed E-state index contributed by atoms with van der Waals surface area (Å²) in [5, 5.41) is 0. The van der Waals surface area contributed by atoms with Crippen molar-refractivity contribution >= 4 is 5.78 Å². The van der Waals surface area contributed by atoms with Crippen LogP contribution in [0.1, 0.15) is 48.0 Å². The number of ether oxygens (including phenoxy) is 1.